The third-order valence-electron chi connectivity index (χ3n) is 4.33. The van der Waals surface area contributed by atoms with Crippen LogP contribution in [0.15, 0.2) is 28.7 Å². The lowest BCUT2D eigenvalue weighted by atomic mass is 10.0. The molecule has 1 aromatic heterocycles. The zero-order valence-electron chi connectivity index (χ0n) is 14.4. The third-order valence-corrected chi connectivity index (χ3v) is 4.33. The van der Waals surface area contributed by atoms with Crippen LogP contribution in [0, 0.1) is 11.6 Å². The maximum absolute atomic E-state index is 14.8. The number of furan rings is 1. The lowest BCUT2D eigenvalue weighted by Crippen LogP contribution is -2.00. The lowest BCUT2D eigenvalue weighted by molar-refractivity contribution is 0.160. The van der Waals surface area contributed by atoms with Gasteiger partial charge in [-0.25, -0.2) is 4.39 Å². The summed E-state index contributed by atoms with van der Waals surface area (Å²) >= 11 is 0. The fourth-order valence-corrected chi connectivity index (χ4v) is 2.97. The van der Waals surface area contributed by atoms with Gasteiger partial charge in [0, 0.05) is 16.3 Å². The van der Waals surface area contributed by atoms with Crippen LogP contribution in [-0.2, 0) is 0 Å². The molecule has 3 rings (SSSR count). The minimum absolute atomic E-state index is 0.0253. The topological polar surface area (TPSA) is 42.6 Å². The Morgan fingerprint density at radius 2 is 1.68 bits per heavy atom. The summed E-state index contributed by atoms with van der Waals surface area (Å²) in [5.74, 6) is -1.17. The molecule has 0 spiro atoms. The van der Waals surface area contributed by atoms with E-state index in [2.05, 4.69) is 0 Å². The zero-order valence-corrected chi connectivity index (χ0v) is 14.4. The highest BCUT2D eigenvalue weighted by atomic mass is 19.1. The van der Waals surface area contributed by atoms with E-state index in [1.165, 1.54) is 6.07 Å². The molecule has 0 saturated heterocycles. The van der Waals surface area contributed by atoms with Crippen molar-refractivity contribution in [1.29, 1.82) is 0 Å². The van der Waals surface area contributed by atoms with Gasteiger partial charge in [0.1, 0.15) is 0 Å². The molecule has 0 saturated carbocycles. The maximum Gasteiger partial charge on any atom is 0.208 e. The molecule has 0 aliphatic carbocycles. The van der Waals surface area contributed by atoms with Crippen molar-refractivity contribution in [2.45, 2.75) is 45.6 Å². The van der Waals surface area contributed by atoms with Gasteiger partial charge in [-0.1, -0.05) is 32.8 Å². The van der Waals surface area contributed by atoms with Crippen LogP contribution in [-0.4, -0.2) is 11.7 Å². The molecule has 3 nitrogen and oxygen atoms in total. The van der Waals surface area contributed by atoms with Crippen LogP contribution in [0.5, 0.6) is 5.75 Å². The Hall–Kier alpha value is -2.14. The van der Waals surface area contributed by atoms with Crippen molar-refractivity contribution in [1.82, 2.24) is 0 Å². The van der Waals surface area contributed by atoms with Crippen LogP contribution < -0.4 is 4.74 Å². The van der Waals surface area contributed by atoms with Gasteiger partial charge in [-0.3, -0.25) is 0 Å². The Morgan fingerprint density at radius 1 is 1.00 bits per heavy atom. The molecule has 0 unspecified atom stereocenters. The Morgan fingerprint density at radius 3 is 2.36 bits per heavy atom. The summed E-state index contributed by atoms with van der Waals surface area (Å²) in [5, 5.41) is 11.2. The molecule has 0 aliphatic rings. The number of ether oxygens (including phenoxy) is 1. The van der Waals surface area contributed by atoms with Gasteiger partial charge in [0.15, 0.2) is 22.7 Å². The number of rotatable bonds is 7. The highest BCUT2D eigenvalue weighted by molar-refractivity contribution is 6.05. The van der Waals surface area contributed by atoms with Gasteiger partial charge in [-0.15, -0.1) is 0 Å². The molecule has 25 heavy (non-hydrogen) atoms. The van der Waals surface area contributed by atoms with Gasteiger partial charge < -0.3 is 14.3 Å². The Balaban J connectivity index is 2.09. The third kappa shape index (κ3) is 3.21. The van der Waals surface area contributed by atoms with E-state index in [1.807, 2.05) is 13.8 Å². The normalized spacial score (nSPS) is 12.8. The smallest absolute Gasteiger partial charge is 0.208 e. The molecule has 3 aromatic rings. The summed E-state index contributed by atoms with van der Waals surface area (Å²) in [4.78, 5) is 0. The van der Waals surface area contributed by atoms with E-state index in [4.69, 9.17) is 9.15 Å². The number of benzene rings is 2. The molecular formula is C20H22F2O3. The van der Waals surface area contributed by atoms with Crippen molar-refractivity contribution in [3.05, 3.63) is 41.5 Å². The molecule has 0 bridgehead atoms. The molecule has 1 N–H and O–H groups in total. The SMILES string of the molecule is CCCC[C@@H](O)c1ccc2c(oc3c(F)c(OCCC)ccc32)c1F. The second-order valence-electron chi connectivity index (χ2n) is 6.21. The van der Waals surface area contributed by atoms with Crippen LogP contribution in [0.2, 0.25) is 0 Å². The molecule has 5 heteroatoms. The van der Waals surface area contributed by atoms with Crippen LogP contribution in [0.25, 0.3) is 21.9 Å². The van der Waals surface area contributed by atoms with Crippen LogP contribution >= 0.6 is 0 Å². The first kappa shape index (κ1) is 17.7. The minimum atomic E-state index is -0.897. The number of aliphatic hydroxyl groups is 1. The summed E-state index contributed by atoms with van der Waals surface area (Å²) in [7, 11) is 0. The molecule has 1 heterocycles. The average Bonchev–Trinajstić information content (AvgIpc) is 3.00. The van der Waals surface area contributed by atoms with Crippen molar-refractivity contribution in [3.8, 4) is 5.75 Å². The standard InChI is InChI=1S/C20H22F2O3/c1-3-5-6-15(23)14-8-7-12-13-9-10-16(24-11-4-2)18(22)20(13)25-19(12)17(14)21/h7-10,15,23H,3-6,11H2,1-2H3/t15-/m1/s1. The van der Waals surface area contributed by atoms with E-state index in [9.17, 15) is 13.9 Å². The zero-order chi connectivity index (χ0) is 18.0. The molecule has 0 amide bonds. The Labute approximate surface area is 145 Å². The van der Waals surface area contributed by atoms with E-state index >= 15 is 0 Å². The van der Waals surface area contributed by atoms with Crippen molar-refractivity contribution >= 4 is 21.9 Å². The van der Waals surface area contributed by atoms with Gasteiger partial charge in [0.25, 0.3) is 0 Å². The van der Waals surface area contributed by atoms with Crippen LogP contribution in [0.3, 0.4) is 0 Å². The Bertz CT molecular complexity index is 886. The summed E-state index contributed by atoms with van der Waals surface area (Å²) in [6.45, 7) is 4.33. The van der Waals surface area contributed by atoms with Crippen LogP contribution in [0.4, 0.5) is 8.78 Å². The van der Waals surface area contributed by atoms with E-state index < -0.39 is 17.7 Å². The van der Waals surface area contributed by atoms with E-state index in [0.717, 1.165) is 19.3 Å². The molecular weight excluding hydrogens is 326 g/mol. The quantitative estimate of drug-likeness (QED) is 0.580. The number of hydrogen-bond donors (Lipinski definition) is 1. The predicted molar refractivity (Wildman–Crippen MR) is 93.9 cm³/mol. The average molecular weight is 348 g/mol. The number of unbranched alkanes of at least 4 members (excludes halogenated alkanes) is 1. The summed E-state index contributed by atoms with van der Waals surface area (Å²) in [6.07, 6.45) is 2.04. The summed E-state index contributed by atoms with van der Waals surface area (Å²) < 4.78 is 40.3. The van der Waals surface area contributed by atoms with Gasteiger partial charge in [-0.05, 0) is 31.0 Å². The van der Waals surface area contributed by atoms with Crippen molar-refractivity contribution in [2.24, 2.45) is 0 Å². The summed E-state index contributed by atoms with van der Waals surface area (Å²) in [5.41, 5.74) is 0.125. The van der Waals surface area contributed by atoms with Gasteiger partial charge in [0.05, 0.1) is 12.7 Å². The van der Waals surface area contributed by atoms with Crippen molar-refractivity contribution in [2.75, 3.05) is 6.61 Å². The lowest BCUT2D eigenvalue weighted by Gasteiger charge is -2.11. The molecule has 0 fully saturated rings. The fourth-order valence-electron chi connectivity index (χ4n) is 2.97. The summed E-state index contributed by atoms with van der Waals surface area (Å²) in [6, 6.07) is 6.42. The molecule has 1 atom stereocenters. The van der Waals surface area contributed by atoms with E-state index in [1.54, 1.807) is 18.2 Å². The predicted octanol–water partition coefficient (Wildman–Crippen LogP) is 5.88. The van der Waals surface area contributed by atoms with Crippen molar-refractivity contribution in [3.63, 3.8) is 0 Å². The highest BCUT2D eigenvalue weighted by Crippen LogP contribution is 2.37. The first-order valence-corrected chi connectivity index (χ1v) is 8.72. The first-order valence-electron chi connectivity index (χ1n) is 8.72. The largest absolute Gasteiger partial charge is 0.490 e. The number of fused-ring (bicyclic) bond motifs is 3. The van der Waals surface area contributed by atoms with Gasteiger partial charge in [0.2, 0.25) is 5.82 Å². The molecule has 0 radical (unpaired) electrons. The maximum atomic E-state index is 14.8. The molecule has 2 aromatic carbocycles. The second kappa shape index (κ2) is 7.40. The first-order chi connectivity index (χ1) is 12.1. The monoisotopic (exact) mass is 348 g/mol. The number of halogens is 2. The minimum Gasteiger partial charge on any atom is -0.490 e. The molecule has 0 aliphatic heterocycles. The number of hydrogen-bond acceptors (Lipinski definition) is 3. The second-order valence-corrected chi connectivity index (χ2v) is 6.21. The van der Waals surface area contributed by atoms with Gasteiger partial charge in [-0.2, -0.15) is 4.39 Å². The van der Waals surface area contributed by atoms with E-state index in [0.29, 0.717) is 23.8 Å². The Kier molecular flexibility index (Phi) is 5.23. The molecule has 134 valence electrons. The van der Waals surface area contributed by atoms with E-state index in [-0.39, 0.29) is 22.5 Å². The van der Waals surface area contributed by atoms with Crippen LogP contribution in [0.1, 0.15) is 51.2 Å². The fraction of sp³-hybridized carbons (Fsp3) is 0.400. The number of aliphatic hydroxyl groups excluding tert-OH is 1. The highest BCUT2D eigenvalue weighted by Gasteiger charge is 2.21. The van der Waals surface area contributed by atoms with Crippen molar-refractivity contribution < 1.29 is 23.0 Å². The van der Waals surface area contributed by atoms with Gasteiger partial charge >= 0.3 is 0 Å².